The average Bonchev–Trinajstić information content (AvgIpc) is 2.38. The molecule has 1 aromatic heterocycles. The number of benzene rings is 1. The molecular weight excluding hydrogens is 295 g/mol. The third-order valence-electron chi connectivity index (χ3n) is 2.40. The number of aromatic nitrogens is 1. The zero-order valence-electron chi connectivity index (χ0n) is 9.62. The van der Waals surface area contributed by atoms with E-state index in [1.807, 2.05) is 30.3 Å². The predicted octanol–water partition coefficient (Wildman–Crippen LogP) is 4.87. The van der Waals surface area contributed by atoms with Crippen LogP contribution >= 0.6 is 22.1 Å². The molecule has 1 aromatic carbocycles. The highest BCUT2D eigenvalue weighted by Crippen LogP contribution is 2.39. The van der Waals surface area contributed by atoms with Crippen LogP contribution in [0.15, 0.2) is 52.5 Å². The summed E-state index contributed by atoms with van der Waals surface area (Å²) < 4.78 is 37.5. The lowest BCUT2D eigenvalue weighted by atomic mass is 10.3. The maximum Gasteiger partial charge on any atom is 0.417 e. The van der Waals surface area contributed by atoms with Gasteiger partial charge >= 0.3 is 6.18 Å². The zero-order chi connectivity index (χ0) is 14.0. The third-order valence-corrected chi connectivity index (χ3v) is 4.43. The van der Waals surface area contributed by atoms with Crippen molar-refractivity contribution in [3.05, 3.63) is 53.2 Å². The van der Waals surface area contributed by atoms with Crippen molar-refractivity contribution in [3.8, 4) is 0 Å². The van der Waals surface area contributed by atoms with Gasteiger partial charge in [-0.3, -0.25) is 0 Å². The van der Waals surface area contributed by atoms with Gasteiger partial charge in [-0.2, -0.15) is 13.2 Å². The van der Waals surface area contributed by atoms with E-state index in [0.29, 0.717) is 5.03 Å². The first kappa shape index (κ1) is 14.1. The van der Waals surface area contributed by atoms with Gasteiger partial charge in [0.05, 0.1) is 10.6 Å². The summed E-state index contributed by atoms with van der Waals surface area (Å²) >= 11 is 5.88. The highest BCUT2D eigenvalue weighted by atomic mass is 35.5. The molecule has 0 amide bonds. The molecule has 1 heterocycles. The average molecular weight is 304 g/mol. The third kappa shape index (κ3) is 3.16. The first-order chi connectivity index (χ1) is 8.89. The smallest absolute Gasteiger partial charge is 0.248 e. The quantitative estimate of drug-likeness (QED) is 0.721. The highest BCUT2D eigenvalue weighted by molar-refractivity contribution is 8.14. The highest BCUT2D eigenvalue weighted by Gasteiger charge is 2.31. The molecular formula is C13H9ClF3NS. The Labute approximate surface area is 116 Å². The molecule has 1 atom stereocenters. The number of rotatable bonds is 2. The van der Waals surface area contributed by atoms with Crippen LogP contribution in [0.4, 0.5) is 13.2 Å². The van der Waals surface area contributed by atoms with E-state index in [1.165, 1.54) is 0 Å². The minimum absolute atomic E-state index is 0.0167. The summed E-state index contributed by atoms with van der Waals surface area (Å²) in [6.45, 7) is 0. The molecule has 1 unspecified atom stereocenters. The Bertz CT molecular complexity index is 611. The van der Waals surface area contributed by atoms with Crippen LogP contribution in [0.3, 0.4) is 0 Å². The van der Waals surface area contributed by atoms with Crippen LogP contribution in [0.1, 0.15) is 5.56 Å². The summed E-state index contributed by atoms with van der Waals surface area (Å²) in [4.78, 5) is 4.69. The second-order valence-corrected chi connectivity index (χ2v) is 5.76. The molecule has 2 rings (SSSR count). The van der Waals surface area contributed by atoms with Crippen LogP contribution in [-0.2, 0) is 6.18 Å². The summed E-state index contributed by atoms with van der Waals surface area (Å²) in [5.74, 6) is 3.93. The first-order valence-corrected chi connectivity index (χ1v) is 6.98. The number of pyridine rings is 1. The van der Waals surface area contributed by atoms with Crippen molar-refractivity contribution in [2.75, 3.05) is 0 Å². The van der Waals surface area contributed by atoms with Crippen molar-refractivity contribution in [1.29, 1.82) is 0 Å². The van der Waals surface area contributed by atoms with E-state index in [1.54, 1.807) is 0 Å². The minimum Gasteiger partial charge on any atom is -0.248 e. The van der Waals surface area contributed by atoms with Crippen LogP contribution in [-0.4, -0.2) is 10.9 Å². The van der Waals surface area contributed by atoms with Crippen LogP contribution in [0.25, 0.3) is 0 Å². The molecule has 2 aromatic rings. The second kappa shape index (κ2) is 5.35. The summed E-state index contributed by atoms with van der Waals surface area (Å²) in [6, 6.07) is 10.1. The van der Waals surface area contributed by atoms with Gasteiger partial charge in [0.15, 0.2) is 0 Å². The molecule has 0 aliphatic rings. The Morgan fingerprint density at radius 2 is 1.79 bits per heavy atom. The topological polar surface area (TPSA) is 12.9 Å². The molecule has 0 saturated carbocycles. The minimum atomic E-state index is -4.44. The van der Waals surface area contributed by atoms with E-state index in [-0.39, 0.29) is 5.02 Å². The number of alkyl halides is 3. The molecule has 6 heteroatoms. The first-order valence-electron chi connectivity index (χ1n) is 5.21. The van der Waals surface area contributed by atoms with Gasteiger partial charge in [0.2, 0.25) is 0 Å². The Morgan fingerprint density at radius 3 is 2.32 bits per heavy atom. The van der Waals surface area contributed by atoms with Gasteiger partial charge in [0.25, 0.3) is 0 Å². The van der Waals surface area contributed by atoms with Gasteiger partial charge in [0.1, 0.15) is 5.03 Å². The number of hydrogen-bond acceptors (Lipinski definition) is 1. The lowest BCUT2D eigenvalue weighted by molar-refractivity contribution is -0.137. The van der Waals surface area contributed by atoms with Crippen molar-refractivity contribution in [2.24, 2.45) is 0 Å². The normalized spacial score (nSPS) is 13.3. The molecule has 0 radical (unpaired) electrons. The fourth-order valence-corrected chi connectivity index (χ4v) is 3.09. The fraction of sp³-hybridized carbons (Fsp3) is 0.0769. The van der Waals surface area contributed by atoms with Crippen molar-refractivity contribution in [1.82, 2.24) is 4.98 Å². The van der Waals surface area contributed by atoms with Gasteiger partial charge in [-0.1, -0.05) is 35.7 Å². The second-order valence-electron chi connectivity index (χ2n) is 3.71. The maximum atomic E-state index is 12.5. The van der Waals surface area contributed by atoms with E-state index < -0.39 is 22.2 Å². The molecule has 0 aliphatic carbocycles. The van der Waals surface area contributed by atoms with Gasteiger partial charge in [0, 0.05) is 11.1 Å². The molecule has 0 saturated heterocycles. The summed E-state index contributed by atoms with van der Waals surface area (Å²) in [6.07, 6.45) is -3.66. The van der Waals surface area contributed by atoms with E-state index in [9.17, 15) is 13.2 Å². The maximum absolute atomic E-state index is 12.5. The van der Waals surface area contributed by atoms with Crippen LogP contribution in [0.2, 0.25) is 5.02 Å². The van der Waals surface area contributed by atoms with E-state index in [2.05, 4.69) is 10.9 Å². The SMILES string of the molecule is C=S(c1ccccc1)c1ncc(C(F)(F)F)cc1Cl. The molecule has 0 aliphatic heterocycles. The van der Waals surface area contributed by atoms with Crippen LogP contribution in [0.5, 0.6) is 0 Å². The van der Waals surface area contributed by atoms with Crippen LogP contribution < -0.4 is 0 Å². The van der Waals surface area contributed by atoms with E-state index >= 15 is 0 Å². The molecule has 0 N–H and O–H groups in total. The Hall–Kier alpha value is -1.33. The number of hydrogen-bond donors (Lipinski definition) is 0. The summed E-state index contributed by atoms with van der Waals surface area (Å²) in [5.41, 5.74) is -0.855. The molecule has 0 fully saturated rings. The fourth-order valence-electron chi connectivity index (χ4n) is 1.46. The van der Waals surface area contributed by atoms with Crippen molar-refractivity contribution >= 4 is 28.0 Å². The van der Waals surface area contributed by atoms with Crippen molar-refractivity contribution in [2.45, 2.75) is 16.1 Å². The lowest BCUT2D eigenvalue weighted by Gasteiger charge is -2.11. The summed E-state index contributed by atoms with van der Waals surface area (Å²) in [7, 11) is -0.704. The van der Waals surface area contributed by atoms with E-state index in [0.717, 1.165) is 17.2 Å². The largest absolute Gasteiger partial charge is 0.417 e. The van der Waals surface area contributed by atoms with Gasteiger partial charge in [-0.15, -0.1) is 10.5 Å². The predicted molar refractivity (Wildman–Crippen MR) is 71.9 cm³/mol. The Kier molecular flexibility index (Phi) is 3.96. The van der Waals surface area contributed by atoms with E-state index in [4.69, 9.17) is 11.6 Å². The monoisotopic (exact) mass is 303 g/mol. The van der Waals surface area contributed by atoms with Crippen LogP contribution in [0, 0.1) is 0 Å². The standard InChI is InChI=1S/C13H9ClF3NS/c1-19(10-5-3-2-4-6-10)12-11(14)7-9(8-18-12)13(15,16)17/h2-8H,1H2. The molecule has 1 nitrogen and oxygen atoms in total. The lowest BCUT2D eigenvalue weighted by Crippen LogP contribution is -2.05. The van der Waals surface area contributed by atoms with Gasteiger partial charge < -0.3 is 0 Å². The Balaban J connectivity index is 2.40. The zero-order valence-corrected chi connectivity index (χ0v) is 11.2. The summed E-state index contributed by atoms with van der Waals surface area (Å²) in [5, 5.41) is 0.345. The van der Waals surface area contributed by atoms with Crippen molar-refractivity contribution in [3.63, 3.8) is 0 Å². The molecule has 19 heavy (non-hydrogen) atoms. The Morgan fingerprint density at radius 1 is 1.16 bits per heavy atom. The molecule has 100 valence electrons. The number of nitrogens with zero attached hydrogens (tertiary/aromatic N) is 1. The van der Waals surface area contributed by atoms with Crippen molar-refractivity contribution < 1.29 is 13.2 Å². The molecule has 0 spiro atoms. The molecule has 0 bridgehead atoms. The van der Waals surface area contributed by atoms with Gasteiger partial charge in [-0.05, 0) is 18.2 Å². The number of halogens is 4. The van der Waals surface area contributed by atoms with Gasteiger partial charge in [-0.25, -0.2) is 4.98 Å².